The van der Waals surface area contributed by atoms with Crippen LogP contribution >= 0.6 is 0 Å². The number of hydrogen-bond donors (Lipinski definition) is 1. The summed E-state index contributed by atoms with van der Waals surface area (Å²) in [5, 5.41) is 11.1. The molecular formula is C18H23N7O3. The van der Waals surface area contributed by atoms with E-state index in [9.17, 15) is 9.59 Å². The first-order valence-electron chi connectivity index (χ1n) is 8.85. The predicted octanol–water partition coefficient (Wildman–Crippen LogP) is 1.20. The van der Waals surface area contributed by atoms with E-state index in [4.69, 9.17) is 4.74 Å². The van der Waals surface area contributed by atoms with Crippen LogP contribution in [0.15, 0.2) is 6.33 Å². The fraction of sp³-hybridized carbons (Fsp3) is 0.444. The van der Waals surface area contributed by atoms with Crippen molar-refractivity contribution in [3.63, 3.8) is 0 Å². The smallest absolute Gasteiger partial charge is 0.311 e. The van der Waals surface area contributed by atoms with Gasteiger partial charge in [0.2, 0.25) is 0 Å². The second-order valence-electron chi connectivity index (χ2n) is 6.70. The monoisotopic (exact) mass is 385 g/mol. The van der Waals surface area contributed by atoms with Gasteiger partial charge in [-0.05, 0) is 34.6 Å². The third-order valence-corrected chi connectivity index (χ3v) is 4.74. The molecule has 0 unspecified atom stereocenters. The maximum atomic E-state index is 12.4. The third-order valence-electron chi connectivity index (χ3n) is 4.74. The molecule has 1 atom stereocenters. The summed E-state index contributed by atoms with van der Waals surface area (Å²) in [7, 11) is 1.80. The molecule has 3 heterocycles. The number of hydrogen-bond acceptors (Lipinski definition) is 7. The zero-order chi connectivity index (χ0) is 20.6. The Morgan fingerprint density at radius 2 is 1.89 bits per heavy atom. The van der Waals surface area contributed by atoms with Gasteiger partial charge in [0.05, 0.1) is 23.5 Å². The van der Waals surface area contributed by atoms with E-state index in [1.807, 2.05) is 13.8 Å². The van der Waals surface area contributed by atoms with E-state index in [0.29, 0.717) is 28.4 Å². The van der Waals surface area contributed by atoms with Crippen molar-refractivity contribution in [1.29, 1.82) is 0 Å². The van der Waals surface area contributed by atoms with Crippen LogP contribution in [0.2, 0.25) is 0 Å². The van der Waals surface area contributed by atoms with Gasteiger partial charge >= 0.3 is 5.97 Å². The quantitative estimate of drug-likeness (QED) is 0.656. The van der Waals surface area contributed by atoms with Gasteiger partial charge in [0.1, 0.15) is 6.33 Å². The van der Waals surface area contributed by atoms with E-state index in [-0.39, 0.29) is 6.42 Å². The molecule has 0 aliphatic carbocycles. The molecule has 0 aromatic carbocycles. The van der Waals surface area contributed by atoms with E-state index in [1.165, 1.54) is 13.3 Å². The fourth-order valence-corrected chi connectivity index (χ4v) is 3.03. The molecule has 0 bridgehead atoms. The summed E-state index contributed by atoms with van der Waals surface area (Å²) in [6.45, 7) is 8.83. The second kappa shape index (κ2) is 7.37. The molecule has 0 spiro atoms. The van der Waals surface area contributed by atoms with E-state index in [0.717, 1.165) is 11.4 Å². The minimum Gasteiger partial charge on any atom is -0.452 e. The number of fused-ring (bicyclic) bond motifs is 1. The Hall–Kier alpha value is -3.30. The van der Waals surface area contributed by atoms with Crippen molar-refractivity contribution in [2.24, 2.45) is 7.05 Å². The Bertz CT molecular complexity index is 1070. The van der Waals surface area contributed by atoms with Crippen LogP contribution in [0, 0.1) is 27.7 Å². The lowest BCUT2D eigenvalue weighted by Crippen LogP contribution is -2.31. The van der Waals surface area contributed by atoms with Gasteiger partial charge in [-0.3, -0.25) is 14.3 Å². The predicted molar refractivity (Wildman–Crippen MR) is 101 cm³/mol. The first-order valence-corrected chi connectivity index (χ1v) is 8.85. The number of aromatic nitrogens is 6. The summed E-state index contributed by atoms with van der Waals surface area (Å²) >= 11 is 0. The van der Waals surface area contributed by atoms with Gasteiger partial charge in [0.15, 0.2) is 6.10 Å². The van der Waals surface area contributed by atoms with Crippen LogP contribution < -0.4 is 5.32 Å². The maximum Gasteiger partial charge on any atom is 0.311 e. The molecule has 0 radical (unpaired) electrons. The van der Waals surface area contributed by atoms with E-state index in [2.05, 4.69) is 25.5 Å². The molecule has 28 heavy (non-hydrogen) atoms. The van der Waals surface area contributed by atoms with Gasteiger partial charge in [-0.25, -0.2) is 9.50 Å². The molecule has 0 saturated heterocycles. The van der Waals surface area contributed by atoms with Gasteiger partial charge in [-0.2, -0.15) is 15.2 Å². The summed E-state index contributed by atoms with van der Waals surface area (Å²) < 4.78 is 8.58. The van der Waals surface area contributed by atoms with Crippen molar-refractivity contribution in [3.8, 4) is 0 Å². The van der Waals surface area contributed by atoms with Crippen molar-refractivity contribution in [2.45, 2.75) is 47.1 Å². The molecule has 0 saturated carbocycles. The zero-order valence-electron chi connectivity index (χ0n) is 16.8. The lowest BCUT2D eigenvalue weighted by Gasteiger charge is -2.15. The largest absolute Gasteiger partial charge is 0.452 e. The first kappa shape index (κ1) is 19.5. The standard InChI is InChI=1S/C18H23N7O3/c1-9-14(11(3)25-18(21-9)19-8-20-25)7-15(26)28-13(5)17(27)22-16-10(2)23-24(6)12(16)4/h8,13H,7H2,1-6H3,(H,22,27)/t13-/m0/s1. The highest BCUT2D eigenvalue weighted by atomic mass is 16.5. The van der Waals surface area contributed by atoms with Crippen molar-refractivity contribution < 1.29 is 14.3 Å². The second-order valence-corrected chi connectivity index (χ2v) is 6.70. The topological polar surface area (TPSA) is 116 Å². The average molecular weight is 385 g/mol. The summed E-state index contributed by atoms with van der Waals surface area (Å²) in [4.78, 5) is 33.2. The first-order chi connectivity index (χ1) is 13.2. The van der Waals surface area contributed by atoms with Crippen LogP contribution in [-0.2, 0) is 27.8 Å². The molecule has 148 valence electrons. The van der Waals surface area contributed by atoms with Crippen LogP contribution in [0.4, 0.5) is 5.69 Å². The molecule has 3 aromatic heterocycles. The maximum absolute atomic E-state index is 12.4. The molecule has 10 nitrogen and oxygen atoms in total. The summed E-state index contributed by atoms with van der Waals surface area (Å²) in [5.74, 6) is -0.456. The number of nitrogens with one attached hydrogen (secondary N) is 1. The molecule has 1 N–H and O–H groups in total. The number of aryl methyl sites for hydroxylation is 4. The van der Waals surface area contributed by atoms with Gasteiger partial charge in [-0.1, -0.05) is 0 Å². The van der Waals surface area contributed by atoms with E-state index in [1.54, 1.807) is 30.1 Å². The van der Waals surface area contributed by atoms with Gasteiger partial charge < -0.3 is 10.1 Å². The number of carbonyl (C=O) groups excluding carboxylic acids is 2. The van der Waals surface area contributed by atoms with Crippen LogP contribution in [0.1, 0.15) is 35.3 Å². The SMILES string of the molecule is Cc1nc2ncnn2c(C)c1CC(=O)O[C@@H](C)C(=O)Nc1c(C)nn(C)c1C. The van der Waals surface area contributed by atoms with Gasteiger partial charge in [0.25, 0.3) is 11.7 Å². The lowest BCUT2D eigenvalue weighted by atomic mass is 10.1. The molecule has 0 fully saturated rings. The molecule has 3 aromatic rings. The highest BCUT2D eigenvalue weighted by molar-refractivity contribution is 5.96. The molecular weight excluding hydrogens is 362 g/mol. The van der Waals surface area contributed by atoms with Crippen LogP contribution in [0.5, 0.6) is 0 Å². The van der Waals surface area contributed by atoms with Crippen molar-refractivity contribution in [3.05, 3.63) is 34.7 Å². The van der Waals surface area contributed by atoms with Gasteiger partial charge in [-0.15, -0.1) is 0 Å². The highest BCUT2D eigenvalue weighted by Gasteiger charge is 2.22. The Morgan fingerprint density at radius 1 is 1.18 bits per heavy atom. The fourth-order valence-electron chi connectivity index (χ4n) is 3.03. The van der Waals surface area contributed by atoms with Crippen LogP contribution in [0.3, 0.4) is 0 Å². The molecule has 1 amide bonds. The Labute approximate surface area is 161 Å². The number of carbonyl (C=O) groups is 2. The summed E-state index contributed by atoms with van der Waals surface area (Å²) in [5.41, 5.74) is 4.29. The molecule has 0 aliphatic rings. The van der Waals surface area contributed by atoms with Crippen LogP contribution in [0.25, 0.3) is 5.78 Å². The average Bonchev–Trinajstić information content (AvgIpc) is 3.18. The molecule has 10 heteroatoms. The Balaban J connectivity index is 1.68. The Kier molecular flexibility index (Phi) is 5.12. The number of rotatable bonds is 5. The number of ether oxygens (including phenoxy) is 1. The molecule has 3 rings (SSSR count). The van der Waals surface area contributed by atoms with Gasteiger partial charge in [0, 0.05) is 24.0 Å². The number of anilines is 1. The van der Waals surface area contributed by atoms with Crippen LogP contribution in [-0.4, -0.2) is 47.3 Å². The number of amides is 1. The minimum atomic E-state index is -0.949. The van der Waals surface area contributed by atoms with Crippen molar-refractivity contribution >= 4 is 23.3 Å². The number of nitrogens with zero attached hydrogens (tertiary/aromatic N) is 6. The lowest BCUT2D eigenvalue weighted by molar-refractivity contribution is -0.152. The summed E-state index contributed by atoms with van der Waals surface area (Å²) in [6, 6.07) is 0. The van der Waals surface area contributed by atoms with Crippen molar-refractivity contribution in [2.75, 3.05) is 5.32 Å². The third kappa shape index (κ3) is 3.57. The Morgan fingerprint density at radius 3 is 2.54 bits per heavy atom. The summed E-state index contributed by atoms with van der Waals surface area (Å²) in [6.07, 6.45) is 0.449. The van der Waals surface area contributed by atoms with Crippen molar-refractivity contribution in [1.82, 2.24) is 29.4 Å². The number of esters is 1. The highest BCUT2D eigenvalue weighted by Crippen LogP contribution is 2.19. The zero-order valence-corrected chi connectivity index (χ0v) is 16.8. The minimum absolute atomic E-state index is 0.0109. The normalized spacial score (nSPS) is 12.2. The molecule has 0 aliphatic heterocycles. The van der Waals surface area contributed by atoms with E-state index >= 15 is 0 Å². The van der Waals surface area contributed by atoms with E-state index < -0.39 is 18.0 Å².